The summed E-state index contributed by atoms with van der Waals surface area (Å²) in [5.74, 6) is 0.755. The number of amides is 1. The summed E-state index contributed by atoms with van der Waals surface area (Å²) < 4.78 is 7.25. The van der Waals surface area contributed by atoms with Crippen LogP contribution >= 0.6 is 0 Å². The number of halogens is 1. The lowest BCUT2D eigenvalue weighted by molar-refractivity contribution is 0.0537. The number of hydrogen-bond acceptors (Lipinski definition) is 6. The summed E-state index contributed by atoms with van der Waals surface area (Å²) in [6.07, 6.45) is 8.81. The van der Waals surface area contributed by atoms with E-state index in [-0.39, 0.29) is 22.0 Å². The highest BCUT2D eigenvalue weighted by Crippen LogP contribution is 2.39. The van der Waals surface area contributed by atoms with E-state index in [1.807, 2.05) is 29.7 Å². The fraction of sp³-hybridized carbons (Fsp3) is 0.619. The lowest BCUT2D eigenvalue weighted by Crippen LogP contribution is -2.37. The summed E-state index contributed by atoms with van der Waals surface area (Å²) in [5.41, 5.74) is 2.85. The summed E-state index contributed by atoms with van der Waals surface area (Å²) in [4.78, 5) is 33.9. The average molecular weight is 435 g/mol. The Morgan fingerprint density at radius 3 is 2.55 bits per heavy atom. The number of hydrogen-bond donors (Lipinski definition) is 1. The number of fused-ring (bicyclic) bond motifs is 1. The van der Waals surface area contributed by atoms with Crippen molar-refractivity contribution in [1.82, 2.24) is 24.6 Å². The highest BCUT2D eigenvalue weighted by atomic mass is 19.0. The molecule has 31 heavy (non-hydrogen) atoms. The molecule has 1 saturated heterocycles. The molecule has 170 valence electrons. The lowest BCUT2D eigenvalue weighted by atomic mass is 10.1. The van der Waals surface area contributed by atoms with E-state index >= 15 is 0 Å². The number of carbonyl (C=O) groups is 1. The Labute approximate surface area is 180 Å². The molecule has 2 aromatic rings. The van der Waals surface area contributed by atoms with Crippen LogP contribution in [0.15, 0.2) is 17.3 Å². The second-order valence-corrected chi connectivity index (χ2v) is 8.64. The van der Waals surface area contributed by atoms with Gasteiger partial charge in [0.1, 0.15) is 11.4 Å². The van der Waals surface area contributed by atoms with Gasteiger partial charge in [0.25, 0.3) is 5.56 Å². The van der Waals surface area contributed by atoms with Crippen molar-refractivity contribution in [3.63, 3.8) is 0 Å². The number of rotatable bonds is 2. The quantitative estimate of drug-likeness (QED) is 0.781. The minimum Gasteiger partial charge on any atom is -0.443 e. The number of likely N-dealkylation sites (tertiary alicyclic amines) is 1. The summed E-state index contributed by atoms with van der Waals surface area (Å²) in [7, 11) is 1.93. The molecule has 0 aromatic carbocycles. The molecule has 1 N–H and O–H groups in total. The van der Waals surface area contributed by atoms with E-state index in [4.69, 9.17) is 4.74 Å². The zero-order valence-corrected chi connectivity index (χ0v) is 18.4. The maximum Gasteiger partial charge on any atom is 0.410 e. The van der Waals surface area contributed by atoms with Gasteiger partial charge in [0.15, 0.2) is 0 Å². The van der Waals surface area contributed by atoms with E-state index in [9.17, 15) is 9.59 Å². The van der Waals surface area contributed by atoms with Gasteiger partial charge in [0.2, 0.25) is 0 Å². The van der Waals surface area contributed by atoms with Gasteiger partial charge in [-0.15, -0.1) is 0 Å². The summed E-state index contributed by atoms with van der Waals surface area (Å²) >= 11 is 0. The van der Waals surface area contributed by atoms with Gasteiger partial charge >= 0.3 is 6.09 Å². The molecule has 0 bridgehead atoms. The maximum atomic E-state index is 11.6. The summed E-state index contributed by atoms with van der Waals surface area (Å²) in [6, 6.07) is 0. The van der Waals surface area contributed by atoms with E-state index in [2.05, 4.69) is 20.0 Å². The van der Waals surface area contributed by atoms with Gasteiger partial charge in [-0.05, 0) is 46.0 Å². The van der Waals surface area contributed by atoms with Gasteiger partial charge in [-0.1, -0.05) is 0 Å². The molecule has 10 heteroatoms. The molecule has 0 spiro atoms. The van der Waals surface area contributed by atoms with E-state index in [1.54, 1.807) is 6.92 Å². The monoisotopic (exact) mass is 434 g/mol. The first-order valence-corrected chi connectivity index (χ1v) is 10.6. The third-order valence-corrected chi connectivity index (χ3v) is 6.11. The summed E-state index contributed by atoms with van der Waals surface area (Å²) in [6.45, 7) is 7.09. The molecule has 4 heterocycles. The maximum absolute atomic E-state index is 11.6. The Morgan fingerprint density at radius 1 is 1.19 bits per heavy atom. The molecule has 0 unspecified atom stereocenters. The van der Waals surface area contributed by atoms with Gasteiger partial charge in [0, 0.05) is 32.2 Å². The van der Waals surface area contributed by atoms with Crippen molar-refractivity contribution >= 4 is 11.9 Å². The van der Waals surface area contributed by atoms with Crippen LogP contribution in [0.1, 0.15) is 55.8 Å². The SMILES string of the molecule is CC1(OC(=O)N2CCCCC2)CC1.Cc1c(N2Cc3cnn(C)c3C2)nc[nH]c1=O.F. The molecule has 0 radical (unpaired) electrons. The smallest absolute Gasteiger partial charge is 0.410 e. The second kappa shape index (κ2) is 9.07. The zero-order chi connectivity index (χ0) is 21.3. The highest BCUT2D eigenvalue weighted by molar-refractivity contribution is 5.68. The second-order valence-electron chi connectivity index (χ2n) is 8.64. The normalized spacial score (nSPS) is 18.4. The molecule has 1 saturated carbocycles. The average Bonchev–Trinajstić information content (AvgIpc) is 3.16. The Bertz CT molecular complexity index is 978. The number of piperidine rings is 1. The van der Waals surface area contributed by atoms with Gasteiger partial charge < -0.3 is 19.5 Å². The van der Waals surface area contributed by atoms with Crippen LogP contribution in [-0.4, -0.2) is 49.4 Å². The molecule has 1 amide bonds. The third kappa shape index (κ3) is 5.05. The fourth-order valence-electron chi connectivity index (χ4n) is 3.84. The number of aromatic amines is 1. The van der Waals surface area contributed by atoms with Crippen molar-refractivity contribution in [3.8, 4) is 0 Å². The van der Waals surface area contributed by atoms with Crippen molar-refractivity contribution in [2.45, 2.75) is 64.6 Å². The number of nitrogens with one attached hydrogen (secondary N) is 1. The van der Waals surface area contributed by atoms with Gasteiger partial charge in [-0.25, -0.2) is 9.78 Å². The number of H-pyrrole nitrogens is 1. The standard InChI is InChI=1S/C11H13N5O.C10H17NO2.FH/c1-7-10(12-6-13-11(7)17)16-4-8-3-14-15(2)9(8)5-16;1-10(5-6-10)13-9(12)11-7-3-2-4-8-11;/h3,6H,4-5H2,1-2H3,(H,12,13,17);2-8H2,1H3;1H. The van der Waals surface area contributed by atoms with Crippen LogP contribution in [0.4, 0.5) is 15.3 Å². The predicted molar refractivity (Wildman–Crippen MR) is 115 cm³/mol. The van der Waals surface area contributed by atoms with Crippen LogP contribution in [0.2, 0.25) is 0 Å². The molecule has 2 aromatic heterocycles. The van der Waals surface area contributed by atoms with Crippen molar-refractivity contribution < 1.29 is 14.2 Å². The Balaban J connectivity index is 0.000000176. The predicted octanol–water partition coefficient (Wildman–Crippen LogP) is 2.65. The molecule has 1 aliphatic carbocycles. The molecule has 0 atom stereocenters. The van der Waals surface area contributed by atoms with Crippen LogP contribution < -0.4 is 10.5 Å². The number of carbonyl (C=O) groups excluding carboxylic acids is 1. The number of anilines is 1. The first-order valence-electron chi connectivity index (χ1n) is 10.6. The van der Waals surface area contributed by atoms with Crippen LogP contribution in [-0.2, 0) is 24.9 Å². The Hall–Kier alpha value is -2.91. The van der Waals surface area contributed by atoms with E-state index in [1.165, 1.54) is 24.0 Å². The number of nitrogens with zero attached hydrogens (tertiary/aromatic N) is 5. The third-order valence-electron chi connectivity index (χ3n) is 6.11. The summed E-state index contributed by atoms with van der Waals surface area (Å²) in [5, 5.41) is 4.21. The molecular formula is C21H31FN6O3. The van der Waals surface area contributed by atoms with Crippen molar-refractivity contribution in [2.24, 2.45) is 7.05 Å². The molecule has 2 fully saturated rings. The topological polar surface area (TPSA) is 96.3 Å². The van der Waals surface area contributed by atoms with E-state index < -0.39 is 0 Å². The van der Waals surface area contributed by atoms with Crippen LogP contribution in [0.3, 0.4) is 0 Å². The minimum absolute atomic E-state index is 0. The van der Waals surface area contributed by atoms with Crippen LogP contribution in [0, 0.1) is 6.92 Å². The van der Waals surface area contributed by atoms with Gasteiger partial charge in [-0.2, -0.15) is 5.10 Å². The molecular weight excluding hydrogens is 403 g/mol. The van der Waals surface area contributed by atoms with Crippen LogP contribution in [0.5, 0.6) is 0 Å². The van der Waals surface area contributed by atoms with Crippen molar-refractivity contribution in [2.75, 3.05) is 18.0 Å². The fourth-order valence-corrected chi connectivity index (χ4v) is 3.84. The van der Waals surface area contributed by atoms with Gasteiger partial charge in [-0.3, -0.25) is 14.2 Å². The van der Waals surface area contributed by atoms with Crippen molar-refractivity contribution in [1.29, 1.82) is 0 Å². The molecule has 2 aliphatic heterocycles. The highest BCUT2D eigenvalue weighted by Gasteiger charge is 2.42. The Kier molecular flexibility index (Phi) is 6.66. The van der Waals surface area contributed by atoms with Gasteiger partial charge in [0.05, 0.1) is 30.3 Å². The zero-order valence-electron chi connectivity index (χ0n) is 18.4. The number of aromatic nitrogens is 4. The number of ether oxygens (including phenoxy) is 1. The molecule has 9 nitrogen and oxygen atoms in total. The first-order chi connectivity index (χ1) is 14.4. The van der Waals surface area contributed by atoms with E-state index in [0.29, 0.717) is 5.56 Å². The van der Waals surface area contributed by atoms with E-state index in [0.717, 1.165) is 57.7 Å². The largest absolute Gasteiger partial charge is 0.443 e. The first kappa shape index (κ1) is 22.8. The minimum atomic E-state index is -0.117. The molecule has 3 aliphatic rings. The number of aryl methyl sites for hydroxylation is 1. The van der Waals surface area contributed by atoms with Crippen molar-refractivity contribution in [3.05, 3.63) is 39.7 Å². The van der Waals surface area contributed by atoms with Crippen LogP contribution in [0.25, 0.3) is 0 Å². The Morgan fingerprint density at radius 2 is 1.90 bits per heavy atom. The molecule has 5 rings (SSSR count). The lowest BCUT2D eigenvalue weighted by Gasteiger charge is -2.27.